The second-order valence-electron chi connectivity index (χ2n) is 4.53. The van der Waals surface area contributed by atoms with Gasteiger partial charge in [0.05, 0.1) is 17.2 Å². The number of ether oxygens (including phenoxy) is 2. The van der Waals surface area contributed by atoms with Gasteiger partial charge in [-0.2, -0.15) is 0 Å². The van der Waals surface area contributed by atoms with E-state index < -0.39 is 0 Å². The zero-order valence-electron chi connectivity index (χ0n) is 11.7. The van der Waals surface area contributed by atoms with Crippen LogP contribution in [0.1, 0.15) is 11.1 Å². The summed E-state index contributed by atoms with van der Waals surface area (Å²) in [4.78, 5) is 0. The number of methoxy groups -OCH3 is 1. The lowest BCUT2D eigenvalue weighted by Gasteiger charge is -2.13. The van der Waals surface area contributed by atoms with Crippen molar-refractivity contribution in [2.24, 2.45) is 5.73 Å². The van der Waals surface area contributed by atoms with Gasteiger partial charge >= 0.3 is 0 Å². The van der Waals surface area contributed by atoms with Crippen LogP contribution in [0.15, 0.2) is 36.4 Å². The number of hydrogen-bond acceptors (Lipinski definition) is 3. The van der Waals surface area contributed by atoms with E-state index in [1.807, 2.05) is 30.3 Å². The molecule has 0 fully saturated rings. The Hall–Kier alpha value is -1.42. The van der Waals surface area contributed by atoms with Gasteiger partial charge in [-0.15, -0.1) is 0 Å². The van der Waals surface area contributed by atoms with Crippen molar-refractivity contribution in [2.45, 2.75) is 13.0 Å². The molecule has 0 saturated carbocycles. The maximum Gasteiger partial charge on any atom is 0.161 e. The standard InChI is InChI=1S/C16H17Cl2NO2/c1-20-14-6-5-11(7-8-19)9-15(14)21-10-12-3-2-4-13(17)16(12)18/h2-6,9H,7-8,10,19H2,1H3. The SMILES string of the molecule is COc1ccc(CCN)cc1OCc1cccc(Cl)c1Cl. The van der Waals surface area contributed by atoms with Crippen molar-refractivity contribution >= 4 is 23.2 Å². The van der Waals surface area contributed by atoms with Gasteiger partial charge in [-0.05, 0) is 36.7 Å². The highest BCUT2D eigenvalue weighted by molar-refractivity contribution is 6.42. The number of rotatable bonds is 6. The monoisotopic (exact) mass is 325 g/mol. The van der Waals surface area contributed by atoms with Gasteiger partial charge in [-0.1, -0.05) is 41.4 Å². The van der Waals surface area contributed by atoms with E-state index in [0.717, 1.165) is 17.5 Å². The van der Waals surface area contributed by atoms with Crippen molar-refractivity contribution in [3.8, 4) is 11.5 Å². The minimum Gasteiger partial charge on any atom is -0.493 e. The second kappa shape index (κ2) is 7.55. The first-order valence-corrected chi connectivity index (χ1v) is 7.34. The van der Waals surface area contributed by atoms with Crippen molar-refractivity contribution in [3.05, 3.63) is 57.6 Å². The lowest BCUT2D eigenvalue weighted by Crippen LogP contribution is -2.04. The minimum atomic E-state index is 0.321. The lowest BCUT2D eigenvalue weighted by atomic mass is 10.1. The molecule has 0 heterocycles. The van der Waals surface area contributed by atoms with Crippen LogP contribution in [0.4, 0.5) is 0 Å². The van der Waals surface area contributed by atoms with Crippen LogP contribution < -0.4 is 15.2 Å². The Morgan fingerprint density at radius 3 is 2.62 bits per heavy atom. The minimum absolute atomic E-state index is 0.321. The molecule has 0 bridgehead atoms. The molecular formula is C16H17Cl2NO2. The molecule has 2 aromatic rings. The maximum atomic E-state index is 6.15. The van der Waals surface area contributed by atoms with Crippen LogP contribution in [0.3, 0.4) is 0 Å². The Morgan fingerprint density at radius 1 is 1.10 bits per heavy atom. The van der Waals surface area contributed by atoms with E-state index in [4.69, 9.17) is 38.4 Å². The molecule has 3 nitrogen and oxygen atoms in total. The van der Waals surface area contributed by atoms with Crippen LogP contribution in [0, 0.1) is 0 Å². The molecule has 0 aromatic heterocycles. The van der Waals surface area contributed by atoms with Gasteiger partial charge in [0.25, 0.3) is 0 Å². The normalized spacial score (nSPS) is 10.5. The van der Waals surface area contributed by atoms with E-state index in [-0.39, 0.29) is 0 Å². The molecule has 21 heavy (non-hydrogen) atoms. The Labute approximate surface area is 134 Å². The topological polar surface area (TPSA) is 44.5 Å². The first kappa shape index (κ1) is 16.0. The summed E-state index contributed by atoms with van der Waals surface area (Å²) in [6, 6.07) is 11.3. The summed E-state index contributed by atoms with van der Waals surface area (Å²) in [5.41, 5.74) is 7.51. The molecule has 0 unspecified atom stereocenters. The van der Waals surface area contributed by atoms with Gasteiger partial charge in [0.15, 0.2) is 11.5 Å². The Bertz CT molecular complexity index is 617. The van der Waals surface area contributed by atoms with Crippen LogP contribution in [-0.4, -0.2) is 13.7 Å². The third-order valence-corrected chi connectivity index (χ3v) is 3.93. The van der Waals surface area contributed by atoms with Crippen LogP contribution in [0.25, 0.3) is 0 Å². The quantitative estimate of drug-likeness (QED) is 0.870. The molecule has 0 radical (unpaired) electrons. The first-order valence-electron chi connectivity index (χ1n) is 6.58. The molecule has 112 valence electrons. The molecule has 2 N–H and O–H groups in total. The summed E-state index contributed by atoms with van der Waals surface area (Å²) < 4.78 is 11.1. The molecule has 0 aliphatic heterocycles. The number of halogens is 2. The molecule has 0 spiro atoms. The third kappa shape index (κ3) is 4.03. The smallest absolute Gasteiger partial charge is 0.161 e. The highest BCUT2D eigenvalue weighted by Gasteiger charge is 2.09. The molecule has 0 aliphatic rings. The zero-order chi connectivity index (χ0) is 15.2. The van der Waals surface area contributed by atoms with Crippen molar-refractivity contribution in [1.82, 2.24) is 0 Å². The molecule has 0 aliphatic carbocycles. The van der Waals surface area contributed by atoms with Crippen molar-refractivity contribution in [3.63, 3.8) is 0 Å². The van der Waals surface area contributed by atoms with Crippen LogP contribution in [-0.2, 0) is 13.0 Å². The molecule has 0 saturated heterocycles. The maximum absolute atomic E-state index is 6.15. The molecule has 5 heteroatoms. The second-order valence-corrected chi connectivity index (χ2v) is 5.31. The van der Waals surface area contributed by atoms with Gasteiger partial charge in [-0.25, -0.2) is 0 Å². The van der Waals surface area contributed by atoms with E-state index >= 15 is 0 Å². The fourth-order valence-electron chi connectivity index (χ4n) is 1.97. The van der Waals surface area contributed by atoms with Gasteiger partial charge in [0.1, 0.15) is 6.61 Å². The first-order chi connectivity index (χ1) is 10.2. The average molecular weight is 326 g/mol. The zero-order valence-corrected chi connectivity index (χ0v) is 13.2. The van der Waals surface area contributed by atoms with Gasteiger partial charge in [0.2, 0.25) is 0 Å². The highest BCUT2D eigenvalue weighted by atomic mass is 35.5. The largest absolute Gasteiger partial charge is 0.493 e. The summed E-state index contributed by atoms with van der Waals surface area (Å²) in [5.74, 6) is 1.34. The molecule has 2 rings (SSSR count). The number of benzene rings is 2. The predicted molar refractivity (Wildman–Crippen MR) is 86.5 cm³/mol. The van der Waals surface area contributed by atoms with Crippen molar-refractivity contribution in [2.75, 3.05) is 13.7 Å². The number of nitrogens with two attached hydrogens (primary N) is 1. The fourth-order valence-corrected chi connectivity index (χ4v) is 2.35. The summed E-state index contributed by atoms with van der Waals surface area (Å²) in [7, 11) is 1.61. The molecule has 2 aromatic carbocycles. The predicted octanol–water partition coefficient (Wildman–Crippen LogP) is 4.08. The van der Waals surface area contributed by atoms with E-state index in [2.05, 4.69) is 0 Å². The van der Waals surface area contributed by atoms with Gasteiger partial charge in [0, 0.05) is 5.56 Å². The fraction of sp³-hybridized carbons (Fsp3) is 0.250. The summed E-state index contributed by atoms with van der Waals surface area (Å²) in [6.45, 7) is 0.910. The molecule has 0 amide bonds. The van der Waals surface area contributed by atoms with Crippen molar-refractivity contribution < 1.29 is 9.47 Å². The third-order valence-electron chi connectivity index (χ3n) is 3.08. The highest BCUT2D eigenvalue weighted by Crippen LogP contribution is 2.31. The van der Waals surface area contributed by atoms with E-state index in [9.17, 15) is 0 Å². The summed E-state index contributed by atoms with van der Waals surface area (Å²) in [5, 5.41) is 1.03. The van der Waals surface area contributed by atoms with E-state index in [1.54, 1.807) is 13.2 Å². The molecular weight excluding hydrogens is 309 g/mol. The van der Waals surface area contributed by atoms with Gasteiger partial charge < -0.3 is 15.2 Å². The summed E-state index contributed by atoms with van der Waals surface area (Å²) in [6.07, 6.45) is 0.790. The van der Waals surface area contributed by atoms with Crippen molar-refractivity contribution in [1.29, 1.82) is 0 Å². The lowest BCUT2D eigenvalue weighted by molar-refractivity contribution is 0.284. The van der Waals surface area contributed by atoms with E-state index in [0.29, 0.717) is 34.7 Å². The van der Waals surface area contributed by atoms with Crippen LogP contribution in [0.5, 0.6) is 11.5 Å². The molecule has 0 atom stereocenters. The number of hydrogen-bond donors (Lipinski definition) is 1. The Kier molecular flexibility index (Phi) is 5.74. The Balaban J connectivity index is 2.18. The van der Waals surface area contributed by atoms with Gasteiger partial charge in [-0.3, -0.25) is 0 Å². The van der Waals surface area contributed by atoms with E-state index in [1.165, 1.54) is 0 Å². The average Bonchev–Trinajstić information content (AvgIpc) is 2.49. The summed E-state index contributed by atoms with van der Waals surface area (Å²) >= 11 is 12.1. The Morgan fingerprint density at radius 2 is 1.90 bits per heavy atom. The van der Waals surface area contributed by atoms with Crippen LogP contribution in [0.2, 0.25) is 10.0 Å². The van der Waals surface area contributed by atoms with Crippen LogP contribution >= 0.6 is 23.2 Å².